The average Bonchev–Trinajstić information content (AvgIpc) is 3.23. The van der Waals surface area contributed by atoms with Crippen LogP contribution in [0.3, 0.4) is 0 Å². The van der Waals surface area contributed by atoms with E-state index in [1.165, 1.54) is 12.1 Å². The number of benzene rings is 2. The maximum atomic E-state index is 13.0. The molecule has 0 aliphatic rings. The minimum Gasteiger partial charge on any atom is -0.416 e. The second-order valence-corrected chi connectivity index (χ2v) is 5.25. The van der Waals surface area contributed by atoms with E-state index in [1.807, 2.05) is 30.3 Å². The summed E-state index contributed by atoms with van der Waals surface area (Å²) < 4.78 is 24.1. The highest BCUT2D eigenvalue weighted by Gasteiger charge is 2.22. The first-order chi connectivity index (χ1) is 11.7. The van der Waals surface area contributed by atoms with Crippen molar-refractivity contribution in [3.05, 3.63) is 66.2 Å². The van der Waals surface area contributed by atoms with Gasteiger partial charge in [0.1, 0.15) is 22.8 Å². The lowest BCUT2D eigenvalue weighted by atomic mass is 10.1. The summed E-state index contributed by atoms with van der Waals surface area (Å²) in [5.41, 5.74) is 2.83. The van der Waals surface area contributed by atoms with E-state index >= 15 is 0 Å². The first-order valence-corrected chi connectivity index (χ1v) is 7.34. The molecule has 0 fully saturated rings. The van der Waals surface area contributed by atoms with Gasteiger partial charge in [0, 0.05) is 11.1 Å². The topological polar surface area (TPSA) is 65.0 Å². The molecule has 0 radical (unpaired) electrons. The van der Waals surface area contributed by atoms with Gasteiger partial charge >= 0.3 is 0 Å². The molecule has 118 valence electrons. The van der Waals surface area contributed by atoms with Gasteiger partial charge < -0.3 is 8.94 Å². The molecule has 2 aromatic carbocycles. The van der Waals surface area contributed by atoms with Crippen molar-refractivity contribution in [1.29, 1.82) is 0 Å². The molecule has 4 rings (SSSR count). The minimum atomic E-state index is -0.320. The van der Waals surface area contributed by atoms with Crippen molar-refractivity contribution < 1.29 is 13.3 Å². The zero-order chi connectivity index (χ0) is 16.5. The van der Waals surface area contributed by atoms with Crippen LogP contribution in [0.25, 0.3) is 34.2 Å². The molecule has 0 unspecified atom stereocenters. The molecule has 4 aromatic rings. The first kappa shape index (κ1) is 14.3. The van der Waals surface area contributed by atoms with Crippen LogP contribution in [0, 0.1) is 12.7 Å². The lowest BCUT2D eigenvalue weighted by Crippen LogP contribution is -1.84. The molecule has 0 aliphatic heterocycles. The Morgan fingerprint density at radius 3 is 2.29 bits per heavy atom. The molecule has 0 aliphatic carbocycles. The lowest BCUT2D eigenvalue weighted by molar-refractivity contribution is 0.399. The Labute approximate surface area is 136 Å². The van der Waals surface area contributed by atoms with Crippen molar-refractivity contribution in [2.45, 2.75) is 6.92 Å². The summed E-state index contributed by atoms with van der Waals surface area (Å²) in [5.74, 6) is 0.888. The van der Waals surface area contributed by atoms with E-state index in [0.29, 0.717) is 34.4 Å². The molecule has 0 amide bonds. The van der Waals surface area contributed by atoms with Gasteiger partial charge in [0.15, 0.2) is 0 Å². The van der Waals surface area contributed by atoms with Crippen molar-refractivity contribution in [2.24, 2.45) is 0 Å². The monoisotopic (exact) mass is 321 g/mol. The van der Waals surface area contributed by atoms with Gasteiger partial charge in [0.05, 0.1) is 0 Å². The summed E-state index contributed by atoms with van der Waals surface area (Å²) in [5, 5.41) is 12.2. The normalized spacial score (nSPS) is 10.9. The van der Waals surface area contributed by atoms with Gasteiger partial charge in [-0.3, -0.25) is 0 Å². The molecule has 5 nitrogen and oxygen atoms in total. The highest BCUT2D eigenvalue weighted by molar-refractivity contribution is 5.78. The van der Waals surface area contributed by atoms with Crippen molar-refractivity contribution in [1.82, 2.24) is 15.4 Å². The number of aromatic nitrogens is 3. The molecular formula is C18H12FN3O2. The Kier molecular flexibility index (Phi) is 3.42. The highest BCUT2D eigenvalue weighted by Crippen LogP contribution is 2.34. The van der Waals surface area contributed by atoms with Gasteiger partial charge in [-0.1, -0.05) is 35.5 Å². The molecule has 0 saturated carbocycles. The van der Waals surface area contributed by atoms with Gasteiger partial charge in [0.2, 0.25) is 5.89 Å². The van der Waals surface area contributed by atoms with Crippen molar-refractivity contribution in [3.8, 4) is 34.2 Å². The molecular weight excluding hydrogens is 309 g/mol. The number of hydrogen-bond acceptors (Lipinski definition) is 5. The predicted octanol–water partition coefficient (Wildman–Crippen LogP) is 4.51. The zero-order valence-electron chi connectivity index (χ0n) is 12.7. The SMILES string of the molecule is Cc1onc(-c2ccccc2)c1-c1nnc(-c2ccc(F)cc2)o1. The second kappa shape index (κ2) is 5.73. The molecule has 2 heterocycles. The molecule has 6 heteroatoms. The number of hydrogen-bond donors (Lipinski definition) is 0. The Morgan fingerprint density at radius 1 is 0.833 bits per heavy atom. The van der Waals surface area contributed by atoms with Crippen LogP contribution in [-0.2, 0) is 0 Å². The maximum Gasteiger partial charge on any atom is 0.254 e. The van der Waals surface area contributed by atoms with E-state index in [0.717, 1.165) is 5.56 Å². The summed E-state index contributed by atoms with van der Waals surface area (Å²) in [6.45, 7) is 1.79. The standard InChI is InChI=1S/C18H12FN3O2/c1-11-15(16(22-24-11)12-5-3-2-4-6-12)18-21-20-17(23-18)13-7-9-14(19)10-8-13/h2-10H,1H3. The van der Waals surface area contributed by atoms with Crippen LogP contribution in [0.2, 0.25) is 0 Å². The quantitative estimate of drug-likeness (QED) is 0.555. The van der Waals surface area contributed by atoms with Crippen molar-refractivity contribution in [3.63, 3.8) is 0 Å². The van der Waals surface area contributed by atoms with Gasteiger partial charge in [-0.2, -0.15) is 0 Å². The third-order valence-corrected chi connectivity index (χ3v) is 3.64. The molecule has 0 spiro atoms. The van der Waals surface area contributed by atoms with E-state index in [1.54, 1.807) is 19.1 Å². The van der Waals surface area contributed by atoms with Crippen LogP contribution in [0.1, 0.15) is 5.76 Å². The second-order valence-electron chi connectivity index (χ2n) is 5.25. The maximum absolute atomic E-state index is 13.0. The summed E-state index contributed by atoms with van der Waals surface area (Å²) >= 11 is 0. The van der Waals surface area contributed by atoms with Crippen LogP contribution in [-0.4, -0.2) is 15.4 Å². The van der Waals surface area contributed by atoms with Crippen molar-refractivity contribution >= 4 is 0 Å². The van der Waals surface area contributed by atoms with Crippen LogP contribution in [0.15, 0.2) is 63.5 Å². The fourth-order valence-corrected chi connectivity index (χ4v) is 2.45. The van der Waals surface area contributed by atoms with Gasteiger partial charge in [0.25, 0.3) is 5.89 Å². The van der Waals surface area contributed by atoms with Crippen LogP contribution in [0.5, 0.6) is 0 Å². The Hall–Kier alpha value is -3.28. The Bertz CT molecular complexity index is 975. The first-order valence-electron chi connectivity index (χ1n) is 7.34. The lowest BCUT2D eigenvalue weighted by Gasteiger charge is -1.98. The summed E-state index contributed by atoms with van der Waals surface area (Å²) in [7, 11) is 0. The predicted molar refractivity (Wildman–Crippen MR) is 85.4 cm³/mol. The summed E-state index contributed by atoms with van der Waals surface area (Å²) in [4.78, 5) is 0. The van der Waals surface area contributed by atoms with E-state index in [-0.39, 0.29) is 5.82 Å². The molecule has 0 saturated heterocycles. The fourth-order valence-electron chi connectivity index (χ4n) is 2.45. The average molecular weight is 321 g/mol. The van der Waals surface area contributed by atoms with E-state index in [9.17, 15) is 4.39 Å². The molecule has 0 N–H and O–H groups in total. The number of aryl methyl sites for hydroxylation is 1. The number of rotatable bonds is 3. The smallest absolute Gasteiger partial charge is 0.254 e. The molecule has 0 atom stereocenters. The minimum absolute atomic E-state index is 0.310. The Balaban J connectivity index is 1.78. The number of halogens is 1. The van der Waals surface area contributed by atoms with Gasteiger partial charge in [-0.15, -0.1) is 10.2 Å². The molecule has 0 bridgehead atoms. The van der Waals surface area contributed by atoms with E-state index in [4.69, 9.17) is 8.94 Å². The van der Waals surface area contributed by atoms with Crippen LogP contribution in [0.4, 0.5) is 4.39 Å². The van der Waals surface area contributed by atoms with Crippen molar-refractivity contribution in [2.75, 3.05) is 0 Å². The van der Waals surface area contributed by atoms with Gasteiger partial charge in [-0.05, 0) is 31.2 Å². The molecule has 2 aromatic heterocycles. The third-order valence-electron chi connectivity index (χ3n) is 3.64. The van der Waals surface area contributed by atoms with Gasteiger partial charge in [-0.25, -0.2) is 4.39 Å². The highest BCUT2D eigenvalue weighted by atomic mass is 19.1. The van der Waals surface area contributed by atoms with Crippen LogP contribution < -0.4 is 0 Å². The third kappa shape index (κ3) is 2.48. The number of nitrogens with zero attached hydrogens (tertiary/aromatic N) is 3. The van der Waals surface area contributed by atoms with Crippen LogP contribution >= 0.6 is 0 Å². The fraction of sp³-hybridized carbons (Fsp3) is 0.0556. The summed E-state index contributed by atoms with van der Waals surface area (Å²) in [6.07, 6.45) is 0. The van der Waals surface area contributed by atoms with E-state index < -0.39 is 0 Å². The van der Waals surface area contributed by atoms with E-state index in [2.05, 4.69) is 15.4 Å². The Morgan fingerprint density at radius 2 is 1.54 bits per heavy atom. The molecule has 24 heavy (non-hydrogen) atoms. The largest absolute Gasteiger partial charge is 0.416 e. The zero-order valence-corrected chi connectivity index (χ0v) is 12.7. The summed E-state index contributed by atoms with van der Waals surface area (Å²) in [6, 6.07) is 15.5.